The van der Waals surface area contributed by atoms with Crippen molar-refractivity contribution in [3.05, 3.63) is 0 Å². The van der Waals surface area contributed by atoms with Crippen molar-refractivity contribution in [2.75, 3.05) is 31.9 Å². The van der Waals surface area contributed by atoms with Gasteiger partial charge in [-0.15, -0.1) is 11.8 Å². The van der Waals surface area contributed by atoms with Gasteiger partial charge in [0, 0.05) is 26.2 Å². The molecule has 4 heteroatoms. The first kappa shape index (κ1) is 10.9. The minimum atomic E-state index is -0.105. The summed E-state index contributed by atoms with van der Waals surface area (Å²) in [4.78, 5) is 14.6. The number of nitrogens with one attached hydrogen (secondary N) is 1. The number of carbonyl (C=O) groups is 1. The van der Waals surface area contributed by atoms with E-state index in [0.717, 1.165) is 50.2 Å². The Balaban J connectivity index is 1.68. The summed E-state index contributed by atoms with van der Waals surface area (Å²) in [5, 5.41) is 3.42. The summed E-state index contributed by atoms with van der Waals surface area (Å²) in [5.74, 6) is 3.01. The van der Waals surface area contributed by atoms with Crippen LogP contribution in [0.25, 0.3) is 0 Å². The fourth-order valence-corrected chi connectivity index (χ4v) is 4.58. The number of likely N-dealkylation sites (tertiary alicyclic amines) is 1. The molecule has 90 valence electrons. The van der Waals surface area contributed by atoms with Crippen LogP contribution in [0.2, 0.25) is 0 Å². The van der Waals surface area contributed by atoms with Gasteiger partial charge in [0.15, 0.2) is 0 Å². The number of thioether (sulfide) groups is 1. The zero-order valence-corrected chi connectivity index (χ0v) is 10.7. The maximum atomic E-state index is 12.5. The van der Waals surface area contributed by atoms with E-state index in [1.165, 1.54) is 6.42 Å². The van der Waals surface area contributed by atoms with E-state index < -0.39 is 0 Å². The highest BCUT2D eigenvalue weighted by atomic mass is 32.2. The Hall–Kier alpha value is -0.220. The monoisotopic (exact) mass is 240 g/mol. The van der Waals surface area contributed by atoms with Crippen LogP contribution < -0.4 is 5.32 Å². The van der Waals surface area contributed by atoms with E-state index in [4.69, 9.17) is 0 Å². The Morgan fingerprint density at radius 2 is 2.06 bits per heavy atom. The number of carbonyl (C=O) groups excluding carboxylic acids is 1. The third-order valence-electron chi connectivity index (χ3n) is 4.35. The van der Waals surface area contributed by atoms with Crippen molar-refractivity contribution < 1.29 is 4.79 Å². The van der Waals surface area contributed by atoms with Crippen LogP contribution in [-0.2, 0) is 4.79 Å². The predicted octanol–water partition coefficient (Wildman–Crippen LogP) is 0.950. The standard InChI is InChI=1S/C12H20N2OS/c1-12(3-2-4-16-12)11(15)14-7-9-5-13-6-10(9)8-14/h9-10,13H,2-8H2,1H3/t9-,10+,12?. The predicted molar refractivity (Wildman–Crippen MR) is 66.5 cm³/mol. The second-order valence-corrected chi connectivity index (χ2v) is 7.17. The van der Waals surface area contributed by atoms with Crippen LogP contribution in [0.15, 0.2) is 0 Å². The van der Waals surface area contributed by atoms with E-state index >= 15 is 0 Å². The van der Waals surface area contributed by atoms with Crippen LogP contribution in [0.1, 0.15) is 19.8 Å². The van der Waals surface area contributed by atoms with Crippen LogP contribution in [-0.4, -0.2) is 47.5 Å². The molecule has 3 fully saturated rings. The minimum Gasteiger partial charge on any atom is -0.341 e. The lowest BCUT2D eigenvalue weighted by Crippen LogP contribution is -2.43. The molecule has 0 saturated carbocycles. The van der Waals surface area contributed by atoms with Gasteiger partial charge in [0.1, 0.15) is 0 Å². The third-order valence-corrected chi connectivity index (χ3v) is 5.86. The van der Waals surface area contributed by atoms with Crippen LogP contribution in [0.4, 0.5) is 0 Å². The third kappa shape index (κ3) is 1.66. The zero-order chi connectivity index (χ0) is 11.2. The second kappa shape index (κ2) is 3.91. The van der Waals surface area contributed by atoms with Gasteiger partial charge in [-0.2, -0.15) is 0 Å². The fraction of sp³-hybridized carbons (Fsp3) is 0.917. The smallest absolute Gasteiger partial charge is 0.238 e. The van der Waals surface area contributed by atoms with Crippen LogP contribution >= 0.6 is 11.8 Å². The van der Waals surface area contributed by atoms with Crippen molar-refractivity contribution in [2.24, 2.45) is 11.8 Å². The SMILES string of the molecule is CC1(C(=O)N2C[C@H]3CNC[C@H]3C2)CCCS1. The summed E-state index contributed by atoms with van der Waals surface area (Å²) >= 11 is 1.86. The van der Waals surface area contributed by atoms with Gasteiger partial charge < -0.3 is 10.2 Å². The summed E-state index contributed by atoms with van der Waals surface area (Å²) in [6.07, 6.45) is 2.27. The Morgan fingerprint density at radius 1 is 1.38 bits per heavy atom. The van der Waals surface area contributed by atoms with Gasteiger partial charge in [-0.3, -0.25) is 4.79 Å². The van der Waals surface area contributed by atoms with Crippen molar-refractivity contribution in [1.29, 1.82) is 0 Å². The number of fused-ring (bicyclic) bond motifs is 1. The van der Waals surface area contributed by atoms with E-state index in [1.54, 1.807) is 0 Å². The first-order valence-corrected chi connectivity index (χ1v) is 7.32. The molecule has 0 spiro atoms. The lowest BCUT2D eigenvalue weighted by atomic mass is 10.0. The zero-order valence-electron chi connectivity index (χ0n) is 9.87. The minimum absolute atomic E-state index is 0.105. The molecule has 0 aliphatic carbocycles. The maximum absolute atomic E-state index is 12.5. The molecular weight excluding hydrogens is 220 g/mol. The van der Waals surface area contributed by atoms with Gasteiger partial charge >= 0.3 is 0 Å². The first-order chi connectivity index (χ1) is 7.69. The molecule has 16 heavy (non-hydrogen) atoms. The highest BCUT2D eigenvalue weighted by Gasteiger charge is 2.45. The number of amides is 1. The highest BCUT2D eigenvalue weighted by Crippen LogP contribution is 2.40. The summed E-state index contributed by atoms with van der Waals surface area (Å²) in [6.45, 7) is 6.34. The lowest BCUT2D eigenvalue weighted by molar-refractivity contribution is -0.132. The average Bonchev–Trinajstić information content (AvgIpc) is 2.90. The Morgan fingerprint density at radius 3 is 2.62 bits per heavy atom. The summed E-state index contributed by atoms with van der Waals surface area (Å²) in [7, 11) is 0. The van der Waals surface area contributed by atoms with Crippen molar-refractivity contribution in [3.8, 4) is 0 Å². The first-order valence-electron chi connectivity index (χ1n) is 6.33. The number of hydrogen-bond donors (Lipinski definition) is 1. The Labute approximate surface area is 101 Å². The molecule has 1 unspecified atom stereocenters. The van der Waals surface area contributed by atoms with E-state index in [-0.39, 0.29) is 4.75 Å². The molecule has 3 nitrogen and oxygen atoms in total. The summed E-state index contributed by atoms with van der Waals surface area (Å²) in [6, 6.07) is 0. The van der Waals surface area contributed by atoms with Gasteiger partial charge in [-0.05, 0) is 37.4 Å². The molecule has 0 bridgehead atoms. The normalized spacial score (nSPS) is 42.7. The molecule has 3 rings (SSSR count). The molecule has 3 aliphatic rings. The summed E-state index contributed by atoms with van der Waals surface area (Å²) in [5.41, 5.74) is 0. The maximum Gasteiger partial charge on any atom is 0.238 e. The highest BCUT2D eigenvalue weighted by molar-refractivity contribution is 8.01. The molecule has 1 N–H and O–H groups in total. The van der Waals surface area contributed by atoms with Crippen LogP contribution in [0, 0.1) is 11.8 Å². The van der Waals surface area contributed by atoms with Gasteiger partial charge in [0.05, 0.1) is 4.75 Å². The molecule has 3 saturated heterocycles. The van der Waals surface area contributed by atoms with E-state index in [0.29, 0.717) is 5.91 Å². The lowest BCUT2D eigenvalue weighted by Gasteiger charge is -2.28. The molecule has 3 heterocycles. The summed E-state index contributed by atoms with van der Waals surface area (Å²) < 4.78 is -0.105. The van der Waals surface area contributed by atoms with Gasteiger partial charge in [-0.1, -0.05) is 0 Å². The van der Waals surface area contributed by atoms with Crippen molar-refractivity contribution in [1.82, 2.24) is 10.2 Å². The largest absolute Gasteiger partial charge is 0.341 e. The molecule has 1 amide bonds. The van der Waals surface area contributed by atoms with E-state index in [9.17, 15) is 4.79 Å². The van der Waals surface area contributed by atoms with Gasteiger partial charge in [-0.25, -0.2) is 0 Å². The fourth-order valence-electron chi connectivity index (χ4n) is 3.30. The van der Waals surface area contributed by atoms with E-state index in [1.807, 2.05) is 11.8 Å². The molecular formula is C12H20N2OS. The quantitative estimate of drug-likeness (QED) is 0.740. The Kier molecular flexibility index (Phi) is 2.67. The number of rotatable bonds is 1. The topological polar surface area (TPSA) is 32.3 Å². The van der Waals surface area contributed by atoms with Crippen molar-refractivity contribution in [3.63, 3.8) is 0 Å². The Bertz CT molecular complexity index is 289. The van der Waals surface area contributed by atoms with Gasteiger partial charge in [0.25, 0.3) is 0 Å². The van der Waals surface area contributed by atoms with Crippen molar-refractivity contribution in [2.45, 2.75) is 24.5 Å². The molecule has 0 aromatic rings. The van der Waals surface area contributed by atoms with Gasteiger partial charge in [0.2, 0.25) is 5.91 Å². The number of hydrogen-bond acceptors (Lipinski definition) is 3. The van der Waals surface area contributed by atoms with Crippen LogP contribution in [0.3, 0.4) is 0 Å². The molecule has 0 aromatic heterocycles. The average molecular weight is 240 g/mol. The molecule has 0 aromatic carbocycles. The van der Waals surface area contributed by atoms with Crippen molar-refractivity contribution >= 4 is 17.7 Å². The molecule has 3 aliphatic heterocycles. The number of nitrogens with zero attached hydrogens (tertiary/aromatic N) is 1. The molecule has 0 radical (unpaired) electrons. The second-order valence-electron chi connectivity index (χ2n) is 5.57. The van der Waals surface area contributed by atoms with E-state index in [2.05, 4.69) is 17.1 Å². The van der Waals surface area contributed by atoms with Crippen LogP contribution in [0.5, 0.6) is 0 Å². The molecule has 3 atom stereocenters.